The summed E-state index contributed by atoms with van der Waals surface area (Å²) in [6, 6.07) is 13.7. The summed E-state index contributed by atoms with van der Waals surface area (Å²) < 4.78 is 0. The SMILES string of the molecule is O=C(NCCN1CCN(C(=O)Nc2cccc(Cl)c2)CC1)Nc1cccc(Cl)c1. The van der Waals surface area contributed by atoms with Crippen molar-refractivity contribution in [3.05, 3.63) is 58.6 Å². The first kappa shape index (κ1) is 21.2. The molecule has 154 valence electrons. The first-order chi connectivity index (χ1) is 14.0. The van der Waals surface area contributed by atoms with Crippen molar-refractivity contribution >= 4 is 46.6 Å². The third-order valence-corrected chi connectivity index (χ3v) is 5.00. The highest BCUT2D eigenvalue weighted by atomic mass is 35.5. The first-order valence-electron chi connectivity index (χ1n) is 9.34. The second-order valence-corrected chi connectivity index (χ2v) is 7.53. The number of anilines is 2. The van der Waals surface area contributed by atoms with Crippen LogP contribution in [0, 0.1) is 0 Å². The Bertz CT molecular complexity index is 854. The lowest BCUT2D eigenvalue weighted by Gasteiger charge is -2.34. The molecule has 1 heterocycles. The van der Waals surface area contributed by atoms with Gasteiger partial charge in [-0.15, -0.1) is 0 Å². The maximum Gasteiger partial charge on any atom is 0.321 e. The molecule has 29 heavy (non-hydrogen) atoms. The van der Waals surface area contributed by atoms with Crippen LogP contribution in [0.4, 0.5) is 21.0 Å². The van der Waals surface area contributed by atoms with Crippen LogP contribution in [0.1, 0.15) is 0 Å². The van der Waals surface area contributed by atoms with Gasteiger partial charge in [-0.3, -0.25) is 4.90 Å². The zero-order valence-electron chi connectivity index (χ0n) is 15.8. The van der Waals surface area contributed by atoms with Gasteiger partial charge in [0, 0.05) is 60.7 Å². The number of carbonyl (C=O) groups is 2. The summed E-state index contributed by atoms with van der Waals surface area (Å²) in [7, 11) is 0. The van der Waals surface area contributed by atoms with Crippen molar-refractivity contribution in [1.29, 1.82) is 0 Å². The number of benzene rings is 2. The Kier molecular flexibility index (Phi) is 7.57. The van der Waals surface area contributed by atoms with Gasteiger partial charge in [0.15, 0.2) is 0 Å². The van der Waals surface area contributed by atoms with E-state index in [9.17, 15) is 9.59 Å². The van der Waals surface area contributed by atoms with Crippen LogP contribution in [0.15, 0.2) is 48.5 Å². The summed E-state index contributed by atoms with van der Waals surface area (Å²) in [6.45, 7) is 3.98. The van der Waals surface area contributed by atoms with E-state index in [4.69, 9.17) is 23.2 Å². The molecule has 3 rings (SSSR count). The molecule has 3 N–H and O–H groups in total. The van der Waals surface area contributed by atoms with Crippen molar-refractivity contribution in [2.75, 3.05) is 49.9 Å². The molecule has 0 unspecified atom stereocenters. The van der Waals surface area contributed by atoms with Gasteiger partial charge in [0.2, 0.25) is 0 Å². The molecular weight excluding hydrogens is 413 g/mol. The minimum absolute atomic E-state index is 0.133. The van der Waals surface area contributed by atoms with Gasteiger partial charge in [0.1, 0.15) is 0 Å². The molecule has 1 aliphatic rings. The molecule has 2 aromatic rings. The van der Waals surface area contributed by atoms with E-state index >= 15 is 0 Å². The Balaban J connectivity index is 1.34. The zero-order valence-corrected chi connectivity index (χ0v) is 17.3. The third kappa shape index (κ3) is 6.81. The number of halogens is 2. The fourth-order valence-electron chi connectivity index (χ4n) is 3.01. The molecule has 0 aliphatic carbocycles. The quantitative estimate of drug-likeness (QED) is 0.664. The Hall–Kier alpha value is -2.48. The zero-order chi connectivity index (χ0) is 20.6. The predicted octanol–water partition coefficient (Wildman–Crippen LogP) is 3.96. The minimum Gasteiger partial charge on any atom is -0.337 e. The topological polar surface area (TPSA) is 76.7 Å². The van der Waals surface area contributed by atoms with Gasteiger partial charge in [-0.05, 0) is 36.4 Å². The lowest BCUT2D eigenvalue weighted by Crippen LogP contribution is -2.51. The summed E-state index contributed by atoms with van der Waals surface area (Å²) in [5, 5.41) is 9.59. The number of rotatable bonds is 5. The fraction of sp³-hybridized carbons (Fsp3) is 0.300. The lowest BCUT2D eigenvalue weighted by atomic mass is 10.3. The summed E-state index contributed by atoms with van der Waals surface area (Å²) in [4.78, 5) is 28.3. The van der Waals surface area contributed by atoms with Crippen LogP contribution in [0.25, 0.3) is 0 Å². The molecule has 4 amide bonds. The second kappa shape index (κ2) is 10.3. The molecule has 0 bridgehead atoms. The monoisotopic (exact) mass is 435 g/mol. The number of nitrogens with one attached hydrogen (secondary N) is 3. The van der Waals surface area contributed by atoms with E-state index in [1.54, 1.807) is 53.4 Å². The molecule has 0 aromatic heterocycles. The summed E-state index contributed by atoms with van der Waals surface area (Å²) in [5.41, 5.74) is 1.33. The molecule has 0 radical (unpaired) electrons. The van der Waals surface area contributed by atoms with E-state index in [0.29, 0.717) is 47.6 Å². The summed E-state index contributed by atoms with van der Waals surface area (Å²) >= 11 is 11.8. The average molecular weight is 436 g/mol. The molecular formula is C20H23Cl2N5O2. The maximum absolute atomic E-state index is 12.4. The molecule has 9 heteroatoms. The number of hydrogen-bond donors (Lipinski definition) is 3. The van der Waals surface area contributed by atoms with E-state index in [1.165, 1.54) is 0 Å². The van der Waals surface area contributed by atoms with E-state index in [0.717, 1.165) is 13.1 Å². The van der Waals surface area contributed by atoms with Crippen LogP contribution in [0.3, 0.4) is 0 Å². The summed E-state index contributed by atoms with van der Waals surface area (Å²) in [6.07, 6.45) is 0. The maximum atomic E-state index is 12.4. The highest BCUT2D eigenvalue weighted by molar-refractivity contribution is 6.31. The predicted molar refractivity (Wildman–Crippen MR) is 117 cm³/mol. The number of piperazine rings is 1. The smallest absolute Gasteiger partial charge is 0.321 e. The molecule has 0 saturated carbocycles. The van der Waals surface area contributed by atoms with Crippen molar-refractivity contribution in [2.24, 2.45) is 0 Å². The van der Waals surface area contributed by atoms with Crippen LogP contribution in [0.5, 0.6) is 0 Å². The highest BCUT2D eigenvalue weighted by Crippen LogP contribution is 2.16. The molecule has 1 aliphatic heterocycles. The van der Waals surface area contributed by atoms with Crippen LogP contribution in [-0.2, 0) is 0 Å². The Labute approximate surface area is 180 Å². The average Bonchev–Trinajstić information content (AvgIpc) is 2.68. The number of hydrogen-bond acceptors (Lipinski definition) is 3. The van der Waals surface area contributed by atoms with Crippen molar-refractivity contribution in [1.82, 2.24) is 15.1 Å². The van der Waals surface area contributed by atoms with Gasteiger partial charge >= 0.3 is 12.1 Å². The first-order valence-corrected chi connectivity index (χ1v) is 10.1. The van der Waals surface area contributed by atoms with Gasteiger partial charge in [-0.25, -0.2) is 9.59 Å². The van der Waals surface area contributed by atoms with E-state index in [2.05, 4.69) is 20.9 Å². The molecule has 1 saturated heterocycles. The van der Waals surface area contributed by atoms with E-state index < -0.39 is 0 Å². The van der Waals surface area contributed by atoms with Gasteiger partial charge in [0.05, 0.1) is 0 Å². The van der Waals surface area contributed by atoms with Crippen molar-refractivity contribution in [3.8, 4) is 0 Å². The lowest BCUT2D eigenvalue weighted by molar-refractivity contribution is 0.148. The van der Waals surface area contributed by atoms with Gasteiger partial charge in [-0.1, -0.05) is 35.3 Å². The van der Waals surface area contributed by atoms with Gasteiger partial charge < -0.3 is 20.9 Å². The Morgan fingerprint density at radius 1 is 0.862 bits per heavy atom. The van der Waals surface area contributed by atoms with Crippen molar-refractivity contribution in [2.45, 2.75) is 0 Å². The normalized spacial score (nSPS) is 14.3. The van der Waals surface area contributed by atoms with E-state index in [1.807, 2.05) is 0 Å². The van der Waals surface area contributed by atoms with Crippen LogP contribution >= 0.6 is 23.2 Å². The van der Waals surface area contributed by atoms with Crippen molar-refractivity contribution < 1.29 is 9.59 Å². The largest absolute Gasteiger partial charge is 0.337 e. The standard InChI is InChI=1S/C20H23Cl2N5O2/c21-15-3-1-5-17(13-15)24-19(28)23-7-8-26-9-11-27(12-10-26)20(29)25-18-6-2-4-16(22)14-18/h1-6,13-14H,7-12H2,(H,25,29)(H2,23,24,28). The molecule has 0 atom stereocenters. The highest BCUT2D eigenvalue weighted by Gasteiger charge is 2.21. The third-order valence-electron chi connectivity index (χ3n) is 4.53. The molecule has 7 nitrogen and oxygen atoms in total. The van der Waals surface area contributed by atoms with Gasteiger partial charge in [0.25, 0.3) is 0 Å². The molecule has 0 spiro atoms. The number of amides is 4. The number of urea groups is 2. The minimum atomic E-state index is -0.271. The van der Waals surface area contributed by atoms with Crippen LogP contribution in [-0.4, -0.2) is 61.1 Å². The van der Waals surface area contributed by atoms with Gasteiger partial charge in [-0.2, -0.15) is 0 Å². The van der Waals surface area contributed by atoms with Crippen molar-refractivity contribution in [3.63, 3.8) is 0 Å². The fourth-order valence-corrected chi connectivity index (χ4v) is 3.39. The second-order valence-electron chi connectivity index (χ2n) is 6.66. The van der Waals surface area contributed by atoms with Crippen LogP contribution in [0.2, 0.25) is 10.0 Å². The molecule has 1 fully saturated rings. The Morgan fingerprint density at radius 2 is 1.45 bits per heavy atom. The number of nitrogens with zero attached hydrogens (tertiary/aromatic N) is 2. The Morgan fingerprint density at radius 3 is 2.03 bits per heavy atom. The summed E-state index contributed by atoms with van der Waals surface area (Å²) in [5.74, 6) is 0. The van der Waals surface area contributed by atoms with E-state index in [-0.39, 0.29) is 12.1 Å². The van der Waals surface area contributed by atoms with Crippen LogP contribution < -0.4 is 16.0 Å². The molecule has 2 aromatic carbocycles. The number of carbonyl (C=O) groups excluding carboxylic acids is 2.